The summed E-state index contributed by atoms with van der Waals surface area (Å²) < 4.78 is 30.4. The van der Waals surface area contributed by atoms with E-state index in [-0.39, 0.29) is 6.04 Å². The number of ether oxygens (including phenoxy) is 1. The van der Waals surface area contributed by atoms with E-state index in [1.807, 2.05) is 0 Å². The summed E-state index contributed by atoms with van der Waals surface area (Å²) in [6, 6.07) is 0.0995. The van der Waals surface area contributed by atoms with Crippen molar-refractivity contribution < 1.29 is 18.3 Å². The first-order valence-corrected chi connectivity index (χ1v) is 5.32. The zero-order valence-corrected chi connectivity index (χ0v) is 8.21. The minimum Gasteiger partial charge on any atom is -0.381 e. The number of hydrogen-bond donors (Lipinski definition) is 1. The van der Waals surface area contributed by atoms with Gasteiger partial charge in [-0.3, -0.25) is 4.79 Å². The lowest BCUT2D eigenvalue weighted by Crippen LogP contribution is -2.39. The van der Waals surface area contributed by atoms with E-state index in [2.05, 4.69) is 5.32 Å². The predicted molar refractivity (Wildman–Crippen MR) is 47.4 cm³/mol. The van der Waals surface area contributed by atoms with Crippen molar-refractivity contribution in [1.29, 1.82) is 0 Å². The van der Waals surface area contributed by atoms with Crippen LogP contribution >= 0.6 is 0 Å². The number of rotatable bonds is 3. The molecule has 0 spiro atoms. The average molecular weight is 217 g/mol. The van der Waals surface area contributed by atoms with Crippen LogP contribution in [-0.4, -0.2) is 31.6 Å². The molecule has 0 aromatic carbocycles. The van der Waals surface area contributed by atoms with Crippen LogP contribution in [0.2, 0.25) is 0 Å². The zero-order valence-electron chi connectivity index (χ0n) is 8.21. The van der Waals surface area contributed by atoms with Gasteiger partial charge in [0, 0.05) is 17.9 Å². The summed E-state index contributed by atoms with van der Waals surface area (Å²) in [5.41, 5.74) is -1.35. The maximum Gasteiger partial charge on any atom is 0.252 e. The molecule has 2 aliphatic carbocycles. The molecule has 2 saturated carbocycles. The van der Waals surface area contributed by atoms with Gasteiger partial charge in [-0.1, -0.05) is 0 Å². The van der Waals surface area contributed by atoms with Gasteiger partial charge in [-0.2, -0.15) is 0 Å². The number of carbonyl (C=O) groups is 1. The third-order valence-corrected chi connectivity index (χ3v) is 3.91. The van der Waals surface area contributed by atoms with Gasteiger partial charge in [0.05, 0.1) is 13.2 Å². The standard InChI is InChI=1S/C10H13F2NO2/c11-8(12)10(1-2-10)9(14)13-7-5-3-15-4-6(5)7/h5-8H,1-4H2,(H,13,14)/t5-,6+,7?. The lowest BCUT2D eigenvalue weighted by Gasteiger charge is -2.15. The number of nitrogens with one attached hydrogen (secondary N) is 1. The molecule has 1 aliphatic heterocycles. The number of alkyl halides is 2. The Morgan fingerprint density at radius 3 is 2.40 bits per heavy atom. The first-order valence-electron chi connectivity index (χ1n) is 5.32. The molecule has 3 nitrogen and oxygen atoms in total. The Morgan fingerprint density at radius 1 is 1.33 bits per heavy atom. The normalized spacial score (nSPS) is 40.1. The Labute approximate surface area is 86.2 Å². The highest BCUT2D eigenvalue weighted by Crippen LogP contribution is 2.52. The third-order valence-electron chi connectivity index (χ3n) is 3.91. The molecule has 84 valence electrons. The van der Waals surface area contributed by atoms with Crippen molar-refractivity contribution in [3.63, 3.8) is 0 Å². The van der Waals surface area contributed by atoms with E-state index in [0.717, 1.165) is 0 Å². The minimum atomic E-state index is -2.52. The van der Waals surface area contributed by atoms with Gasteiger partial charge in [0.1, 0.15) is 5.41 Å². The Bertz CT molecular complexity index is 294. The molecule has 0 aromatic rings. The summed E-state index contributed by atoms with van der Waals surface area (Å²) >= 11 is 0. The van der Waals surface area contributed by atoms with Gasteiger partial charge in [0.15, 0.2) is 0 Å². The highest BCUT2D eigenvalue weighted by Gasteiger charge is 2.61. The quantitative estimate of drug-likeness (QED) is 0.759. The van der Waals surface area contributed by atoms with Gasteiger partial charge in [0.25, 0.3) is 6.43 Å². The van der Waals surface area contributed by atoms with Crippen molar-refractivity contribution >= 4 is 5.91 Å². The lowest BCUT2D eigenvalue weighted by molar-refractivity contribution is -0.132. The highest BCUT2D eigenvalue weighted by molar-refractivity contribution is 5.86. The molecule has 1 amide bonds. The van der Waals surface area contributed by atoms with E-state index >= 15 is 0 Å². The lowest BCUT2D eigenvalue weighted by atomic mass is 10.1. The highest BCUT2D eigenvalue weighted by atomic mass is 19.3. The second-order valence-electron chi connectivity index (χ2n) is 4.82. The summed E-state index contributed by atoms with van der Waals surface area (Å²) in [7, 11) is 0. The second kappa shape index (κ2) is 2.90. The van der Waals surface area contributed by atoms with Crippen molar-refractivity contribution in [2.45, 2.75) is 25.3 Å². The number of amides is 1. The van der Waals surface area contributed by atoms with Crippen LogP contribution in [0.15, 0.2) is 0 Å². The molecule has 1 saturated heterocycles. The summed E-state index contributed by atoms with van der Waals surface area (Å²) in [5, 5.41) is 2.74. The van der Waals surface area contributed by atoms with E-state index in [0.29, 0.717) is 37.9 Å². The minimum absolute atomic E-state index is 0.0995. The summed E-state index contributed by atoms with van der Waals surface area (Å²) in [5.74, 6) is 0.307. The summed E-state index contributed by atoms with van der Waals surface area (Å²) in [4.78, 5) is 11.6. The van der Waals surface area contributed by atoms with Gasteiger partial charge in [-0.05, 0) is 12.8 Å². The predicted octanol–water partition coefficient (Wildman–Crippen LogP) is 0.793. The van der Waals surface area contributed by atoms with Crippen molar-refractivity contribution in [1.82, 2.24) is 5.32 Å². The Kier molecular flexibility index (Phi) is 1.84. The van der Waals surface area contributed by atoms with Crippen LogP contribution in [0.4, 0.5) is 8.78 Å². The Hall–Kier alpha value is -0.710. The van der Waals surface area contributed by atoms with E-state index in [4.69, 9.17) is 4.74 Å². The molecule has 3 atom stereocenters. The van der Waals surface area contributed by atoms with Crippen LogP contribution in [0.5, 0.6) is 0 Å². The van der Waals surface area contributed by atoms with Crippen molar-refractivity contribution in [3.8, 4) is 0 Å². The van der Waals surface area contributed by atoms with Gasteiger partial charge in [-0.25, -0.2) is 8.78 Å². The SMILES string of the molecule is O=C(NC1[C@H]2COC[C@@H]12)C1(C(F)F)CC1. The summed E-state index contributed by atoms with van der Waals surface area (Å²) in [6.07, 6.45) is -1.86. The van der Waals surface area contributed by atoms with Crippen molar-refractivity contribution in [3.05, 3.63) is 0 Å². The van der Waals surface area contributed by atoms with E-state index in [9.17, 15) is 13.6 Å². The fraction of sp³-hybridized carbons (Fsp3) is 0.900. The Morgan fingerprint density at radius 2 is 1.93 bits per heavy atom. The maximum absolute atomic E-state index is 12.6. The van der Waals surface area contributed by atoms with E-state index < -0.39 is 17.7 Å². The van der Waals surface area contributed by atoms with Gasteiger partial charge in [-0.15, -0.1) is 0 Å². The molecule has 1 unspecified atom stereocenters. The van der Waals surface area contributed by atoms with Gasteiger partial charge >= 0.3 is 0 Å². The fourth-order valence-electron chi connectivity index (χ4n) is 2.43. The number of hydrogen-bond acceptors (Lipinski definition) is 2. The third kappa shape index (κ3) is 1.29. The van der Waals surface area contributed by atoms with Crippen LogP contribution in [0.1, 0.15) is 12.8 Å². The fourth-order valence-corrected chi connectivity index (χ4v) is 2.43. The van der Waals surface area contributed by atoms with Gasteiger partial charge < -0.3 is 10.1 Å². The van der Waals surface area contributed by atoms with Crippen LogP contribution in [0.3, 0.4) is 0 Å². The molecule has 0 bridgehead atoms. The van der Waals surface area contributed by atoms with Crippen molar-refractivity contribution in [2.75, 3.05) is 13.2 Å². The van der Waals surface area contributed by atoms with Crippen LogP contribution in [-0.2, 0) is 9.53 Å². The average Bonchev–Trinajstić information content (AvgIpc) is 3.06. The second-order valence-corrected chi connectivity index (χ2v) is 4.82. The van der Waals surface area contributed by atoms with Crippen molar-refractivity contribution in [2.24, 2.45) is 17.3 Å². The van der Waals surface area contributed by atoms with Crippen LogP contribution in [0.25, 0.3) is 0 Å². The monoisotopic (exact) mass is 217 g/mol. The van der Waals surface area contributed by atoms with Gasteiger partial charge in [0.2, 0.25) is 5.91 Å². The maximum atomic E-state index is 12.6. The molecule has 1 N–H and O–H groups in total. The molecule has 3 fully saturated rings. The summed E-state index contributed by atoms with van der Waals surface area (Å²) in [6.45, 7) is 1.33. The van der Waals surface area contributed by atoms with Crippen LogP contribution < -0.4 is 5.32 Å². The van der Waals surface area contributed by atoms with E-state index in [1.165, 1.54) is 0 Å². The number of carbonyl (C=O) groups excluding carboxylic acids is 1. The first-order chi connectivity index (χ1) is 7.15. The molecular weight excluding hydrogens is 204 g/mol. The smallest absolute Gasteiger partial charge is 0.252 e. The zero-order chi connectivity index (χ0) is 10.6. The largest absolute Gasteiger partial charge is 0.381 e. The van der Waals surface area contributed by atoms with Crippen LogP contribution in [0, 0.1) is 17.3 Å². The molecule has 3 rings (SSSR count). The topological polar surface area (TPSA) is 38.3 Å². The van der Waals surface area contributed by atoms with E-state index in [1.54, 1.807) is 0 Å². The molecular formula is C10H13F2NO2. The first kappa shape index (κ1) is 9.51. The number of halogens is 2. The number of fused-ring (bicyclic) bond motifs is 1. The molecule has 5 heteroatoms. The molecule has 0 aromatic heterocycles. The Balaban J connectivity index is 1.58. The molecule has 0 radical (unpaired) electrons. The molecule has 15 heavy (non-hydrogen) atoms. The molecule has 3 aliphatic rings. The molecule has 1 heterocycles.